The van der Waals surface area contributed by atoms with Crippen molar-refractivity contribution in [2.75, 3.05) is 13.6 Å². The molecule has 0 saturated heterocycles. The van der Waals surface area contributed by atoms with Crippen molar-refractivity contribution < 1.29 is 9.59 Å². The summed E-state index contributed by atoms with van der Waals surface area (Å²) in [7, 11) is 1.56. The molecule has 0 aliphatic rings. The summed E-state index contributed by atoms with van der Waals surface area (Å²) >= 11 is 0. The van der Waals surface area contributed by atoms with E-state index in [0.29, 0.717) is 32.2 Å². The van der Waals surface area contributed by atoms with Crippen LogP contribution in [0.25, 0.3) is 0 Å². The van der Waals surface area contributed by atoms with E-state index in [9.17, 15) is 9.59 Å². The molecule has 0 radical (unpaired) electrons. The van der Waals surface area contributed by atoms with Gasteiger partial charge in [-0.3, -0.25) is 20.3 Å². The maximum atomic E-state index is 12.8. The lowest BCUT2D eigenvalue weighted by Crippen LogP contribution is -2.54. The summed E-state index contributed by atoms with van der Waals surface area (Å²) in [6, 6.07) is 8.00. The number of carbonyl (C=O) groups is 2. The van der Waals surface area contributed by atoms with Gasteiger partial charge < -0.3 is 22.1 Å². The molecule has 0 saturated carbocycles. The summed E-state index contributed by atoms with van der Waals surface area (Å²) in [5, 5.41) is 15.6. The zero-order valence-corrected chi connectivity index (χ0v) is 16.1. The van der Waals surface area contributed by atoms with Crippen LogP contribution in [-0.2, 0) is 16.0 Å². The van der Waals surface area contributed by atoms with Gasteiger partial charge in [-0.05, 0) is 31.2 Å². The molecule has 0 heterocycles. The van der Waals surface area contributed by atoms with Gasteiger partial charge in [-0.1, -0.05) is 37.3 Å². The van der Waals surface area contributed by atoms with Crippen LogP contribution in [0.5, 0.6) is 0 Å². The van der Waals surface area contributed by atoms with Crippen molar-refractivity contribution in [2.24, 2.45) is 11.5 Å². The average Bonchev–Trinajstić information content (AvgIpc) is 2.67. The second-order valence-corrected chi connectivity index (χ2v) is 6.48. The summed E-state index contributed by atoms with van der Waals surface area (Å²) in [6.45, 7) is 2.38. The Morgan fingerprint density at radius 2 is 1.85 bits per heavy atom. The number of ketones is 1. The van der Waals surface area contributed by atoms with Gasteiger partial charge in [0.1, 0.15) is 0 Å². The first-order chi connectivity index (χ1) is 12.9. The van der Waals surface area contributed by atoms with Crippen LogP contribution in [0.3, 0.4) is 0 Å². The normalized spacial score (nSPS) is 14.0. The highest BCUT2D eigenvalue weighted by atomic mass is 16.2. The highest BCUT2D eigenvalue weighted by molar-refractivity contribution is 5.90. The van der Waals surface area contributed by atoms with Crippen molar-refractivity contribution in [3.05, 3.63) is 35.9 Å². The fourth-order valence-electron chi connectivity index (χ4n) is 2.86. The van der Waals surface area contributed by atoms with Crippen LogP contribution < -0.4 is 27.4 Å². The third-order valence-electron chi connectivity index (χ3n) is 4.37. The zero-order chi connectivity index (χ0) is 20.2. The molecule has 1 amide bonds. The van der Waals surface area contributed by atoms with E-state index < -0.39 is 18.1 Å². The van der Waals surface area contributed by atoms with Gasteiger partial charge >= 0.3 is 0 Å². The van der Waals surface area contributed by atoms with Gasteiger partial charge in [-0.2, -0.15) is 0 Å². The number of carbonyl (C=O) groups excluding carboxylic acids is 2. The number of amides is 1. The Labute approximate surface area is 161 Å². The van der Waals surface area contributed by atoms with E-state index in [1.165, 1.54) is 0 Å². The minimum atomic E-state index is -0.630. The molecule has 1 aromatic rings. The van der Waals surface area contributed by atoms with Crippen LogP contribution >= 0.6 is 0 Å². The minimum absolute atomic E-state index is 0.0999. The lowest BCUT2D eigenvalue weighted by atomic mass is 9.96. The molecule has 27 heavy (non-hydrogen) atoms. The number of Topliss-reactive ketones (excluding diaryl/α,β-unsaturated/α-hetero) is 1. The number of hydrogen-bond donors (Lipinski definition) is 6. The van der Waals surface area contributed by atoms with Gasteiger partial charge in [0.25, 0.3) is 0 Å². The van der Waals surface area contributed by atoms with E-state index in [-0.39, 0.29) is 17.6 Å². The Bertz CT molecular complexity index is 607. The number of nitrogens with two attached hydrogens (primary N) is 2. The topological polar surface area (TPSA) is 146 Å². The van der Waals surface area contributed by atoms with E-state index in [0.717, 1.165) is 5.56 Å². The molecule has 3 unspecified atom stereocenters. The van der Waals surface area contributed by atoms with Crippen molar-refractivity contribution in [1.29, 1.82) is 5.41 Å². The molecule has 0 spiro atoms. The third-order valence-corrected chi connectivity index (χ3v) is 4.37. The van der Waals surface area contributed by atoms with E-state index >= 15 is 0 Å². The molecule has 0 fully saturated rings. The molecule has 0 aromatic heterocycles. The van der Waals surface area contributed by atoms with Crippen LogP contribution in [0.1, 0.15) is 31.7 Å². The SMILES string of the molecule is CCC(NC(CCCNC(=N)N)C(=O)NC)C(=O)C(N)Cc1ccccc1. The summed E-state index contributed by atoms with van der Waals surface area (Å²) in [5.74, 6) is -0.384. The van der Waals surface area contributed by atoms with Crippen LogP contribution in [0, 0.1) is 5.41 Å². The fourth-order valence-corrected chi connectivity index (χ4v) is 2.86. The summed E-state index contributed by atoms with van der Waals surface area (Å²) < 4.78 is 0. The Hall–Kier alpha value is -2.45. The number of rotatable bonds is 12. The van der Waals surface area contributed by atoms with E-state index in [1.807, 2.05) is 37.3 Å². The molecule has 8 N–H and O–H groups in total. The predicted octanol–water partition coefficient (Wildman–Crippen LogP) is -0.128. The maximum Gasteiger partial charge on any atom is 0.236 e. The van der Waals surface area contributed by atoms with Crippen molar-refractivity contribution in [2.45, 2.75) is 50.7 Å². The number of nitrogens with one attached hydrogen (secondary N) is 4. The number of guanidine groups is 1. The molecule has 0 bridgehead atoms. The lowest BCUT2D eigenvalue weighted by Gasteiger charge is -2.25. The molecule has 150 valence electrons. The Morgan fingerprint density at radius 1 is 1.19 bits per heavy atom. The van der Waals surface area contributed by atoms with Gasteiger partial charge in [-0.25, -0.2) is 0 Å². The second-order valence-electron chi connectivity index (χ2n) is 6.48. The van der Waals surface area contributed by atoms with Gasteiger partial charge in [0.2, 0.25) is 5.91 Å². The molecule has 1 rings (SSSR count). The Kier molecular flexibility index (Phi) is 10.1. The molecule has 1 aromatic carbocycles. The number of likely N-dealkylation sites (N-methyl/N-ethyl adjacent to an activating group) is 1. The van der Waals surface area contributed by atoms with Crippen LogP contribution in [0.2, 0.25) is 0 Å². The monoisotopic (exact) mass is 376 g/mol. The fraction of sp³-hybridized carbons (Fsp3) is 0.526. The average molecular weight is 377 g/mol. The smallest absolute Gasteiger partial charge is 0.236 e. The summed E-state index contributed by atoms with van der Waals surface area (Å²) in [4.78, 5) is 24.9. The van der Waals surface area contributed by atoms with Gasteiger partial charge in [0.05, 0.1) is 18.1 Å². The van der Waals surface area contributed by atoms with Crippen LogP contribution in [0.4, 0.5) is 0 Å². The first-order valence-corrected chi connectivity index (χ1v) is 9.27. The Morgan fingerprint density at radius 3 is 2.41 bits per heavy atom. The highest BCUT2D eigenvalue weighted by Gasteiger charge is 2.27. The van der Waals surface area contributed by atoms with Crippen molar-refractivity contribution in [1.82, 2.24) is 16.0 Å². The highest BCUT2D eigenvalue weighted by Crippen LogP contribution is 2.08. The molecular weight excluding hydrogens is 344 g/mol. The zero-order valence-electron chi connectivity index (χ0n) is 16.1. The maximum absolute atomic E-state index is 12.8. The molecule has 8 nitrogen and oxygen atoms in total. The standard InChI is InChI=1S/C19H32N6O2/c1-3-15(17(26)14(20)12-13-8-5-4-6-9-13)25-16(18(27)23-2)10-7-11-24-19(21)22/h4-6,8-9,14-16,25H,3,7,10-12,20H2,1-2H3,(H,23,27)(H4,21,22,24). The molecular formula is C19H32N6O2. The van der Waals surface area contributed by atoms with Gasteiger partial charge in [0.15, 0.2) is 11.7 Å². The van der Waals surface area contributed by atoms with E-state index in [4.69, 9.17) is 16.9 Å². The van der Waals surface area contributed by atoms with Crippen LogP contribution in [0.15, 0.2) is 30.3 Å². The molecule has 3 atom stereocenters. The first kappa shape index (κ1) is 22.6. The third kappa shape index (κ3) is 8.19. The van der Waals surface area contributed by atoms with Crippen molar-refractivity contribution in [3.63, 3.8) is 0 Å². The lowest BCUT2D eigenvalue weighted by molar-refractivity contribution is -0.125. The van der Waals surface area contributed by atoms with Gasteiger partial charge in [-0.15, -0.1) is 0 Å². The Balaban J connectivity index is 2.67. The van der Waals surface area contributed by atoms with Crippen molar-refractivity contribution in [3.8, 4) is 0 Å². The van der Waals surface area contributed by atoms with Crippen molar-refractivity contribution >= 4 is 17.6 Å². The predicted molar refractivity (Wildman–Crippen MR) is 107 cm³/mol. The molecule has 0 aliphatic heterocycles. The van der Waals surface area contributed by atoms with E-state index in [2.05, 4.69) is 16.0 Å². The summed E-state index contributed by atoms with van der Waals surface area (Å²) in [5.41, 5.74) is 12.4. The number of benzene rings is 1. The van der Waals surface area contributed by atoms with Crippen LogP contribution in [-0.4, -0.2) is 49.4 Å². The largest absolute Gasteiger partial charge is 0.370 e. The summed E-state index contributed by atoms with van der Waals surface area (Å²) in [6.07, 6.45) is 2.15. The number of hydrogen-bond acceptors (Lipinski definition) is 5. The molecule has 8 heteroatoms. The first-order valence-electron chi connectivity index (χ1n) is 9.27. The quantitative estimate of drug-likeness (QED) is 0.170. The van der Waals surface area contributed by atoms with E-state index in [1.54, 1.807) is 7.05 Å². The second kappa shape index (κ2) is 12.0. The molecule has 0 aliphatic carbocycles. The minimum Gasteiger partial charge on any atom is -0.370 e. The van der Waals surface area contributed by atoms with Gasteiger partial charge in [0, 0.05) is 13.6 Å².